The second-order valence-corrected chi connectivity index (χ2v) is 9.67. The number of halogens is 3. The fraction of sp³-hybridized carbons (Fsp3) is 0.200. The van der Waals surface area contributed by atoms with Crippen LogP contribution in [-0.2, 0) is 20.8 Å². The maximum Gasteiger partial charge on any atom is 0.413 e. The van der Waals surface area contributed by atoms with Crippen molar-refractivity contribution in [3.63, 3.8) is 0 Å². The summed E-state index contributed by atoms with van der Waals surface area (Å²) >= 11 is 20.1. The number of alkyl halides is 2. The third-order valence-electron chi connectivity index (χ3n) is 3.77. The minimum Gasteiger partial charge on any atom is -0.465 e. The minimum atomic E-state index is -4.61. The molecular weight excluding hydrogens is 549 g/mol. The molecule has 10 nitrogen and oxygen atoms in total. The normalized spacial score (nSPS) is 21.0. The van der Waals surface area contributed by atoms with Gasteiger partial charge in [0.15, 0.2) is 5.11 Å². The number of benzene rings is 1. The van der Waals surface area contributed by atoms with Crippen molar-refractivity contribution in [3.05, 3.63) is 56.6 Å². The number of carboxylic acid groups (broad SMARTS) is 1. The Kier molecular flexibility index (Phi) is 7.48. The van der Waals surface area contributed by atoms with Gasteiger partial charge in [-0.15, -0.1) is 11.6 Å². The predicted octanol–water partition coefficient (Wildman–Crippen LogP) is 3.41. The molecule has 3 N–H and O–H groups in total. The van der Waals surface area contributed by atoms with Crippen LogP contribution in [0.3, 0.4) is 0 Å². The van der Waals surface area contributed by atoms with Crippen LogP contribution in [0.1, 0.15) is 5.56 Å². The van der Waals surface area contributed by atoms with Gasteiger partial charge in [0.2, 0.25) is 5.06 Å². The smallest absolute Gasteiger partial charge is 0.413 e. The highest BCUT2D eigenvalue weighted by Gasteiger charge is 2.43. The molecule has 0 heterocycles. The first kappa shape index (κ1) is 24.5. The maximum absolute atomic E-state index is 12.7. The van der Waals surface area contributed by atoms with Gasteiger partial charge in [-0.25, -0.2) is 13.9 Å². The summed E-state index contributed by atoms with van der Waals surface area (Å²) in [4.78, 5) is 21.7. The molecule has 2 atom stereocenters. The Morgan fingerprint density at radius 2 is 2.13 bits per heavy atom. The van der Waals surface area contributed by atoms with Crippen LogP contribution < -0.4 is 5.73 Å². The van der Waals surface area contributed by atoms with Crippen LogP contribution in [0.4, 0.5) is 10.5 Å². The molecule has 0 bridgehead atoms. The van der Waals surface area contributed by atoms with Crippen molar-refractivity contribution in [3.8, 4) is 0 Å². The second kappa shape index (κ2) is 9.16. The van der Waals surface area contributed by atoms with Crippen LogP contribution in [0.15, 0.2) is 45.8 Å². The van der Waals surface area contributed by atoms with Crippen LogP contribution in [0.5, 0.6) is 0 Å². The quantitative estimate of drug-likeness (QED) is 0.175. The van der Waals surface area contributed by atoms with Crippen LogP contribution in [0, 0.1) is 10.1 Å². The number of carbonyl (C=O) groups is 1. The van der Waals surface area contributed by atoms with E-state index < -0.39 is 53.8 Å². The highest BCUT2D eigenvalue weighted by Crippen LogP contribution is 2.40. The summed E-state index contributed by atoms with van der Waals surface area (Å²) in [5.74, 6) is 0. The van der Waals surface area contributed by atoms with Gasteiger partial charge in [-0.2, -0.15) is 8.42 Å². The van der Waals surface area contributed by atoms with Crippen molar-refractivity contribution in [1.29, 1.82) is 0 Å². The van der Waals surface area contributed by atoms with Gasteiger partial charge in [0.25, 0.3) is 15.8 Å². The Morgan fingerprint density at radius 1 is 1.50 bits per heavy atom. The molecule has 1 aliphatic rings. The molecule has 1 amide bonds. The molecule has 0 fully saturated rings. The Bertz CT molecular complexity index is 1070. The third-order valence-corrected chi connectivity index (χ3v) is 7.49. The number of thiocarbonyl (C=S) groups is 1. The molecule has 0 aromatic heterocycles. The first-order valence-corrected chi connectivity index (χ1v) is 11.1. The van der Waals surface area contributed by atoms with E-state index in [1.165, 1.54) is 12.2 Å². The molecule has 0 radical (unpaired) electrons. The molecule has 0 spiro atoms. The van der Waals surface area contributed by atoms with Crippen molar-refractivity contribution in [1.82, 2.24) is 4.90 Å². The fourth-order valence-corrected chi connectivity index (χ4v) is 4.85. The predicted molar refractivity (Wildman–Crippen MR) is 116 cm³/mol. The van der Waals surface area contributed by atoms with E-state index in [9.17, 15) is 23.3 Å². The number of hydrogen-bond acceptors (Lipinski definition) is 7. The molecule has 0 saturated carbocycles. The molecule has 15 heteroatoms. The molecule has 162 valence electrons. The lowest BCUT2D eigenvalue weighted by molar-refractivity contribution is -0.385. The fourth-order valence-electron chi connectivity index (χ4n) is 2.33. The maximum atomic E-state index is 12.7. The van der Waals surface area contributed by atoms with Crippen LogP contribution >= 0.6 is 51.3 Å². The zero-order chi connectivity index (χ0) is 22.9. The van der Waals surface area contributed by atoms with Crippen LogP contribution in [-0.4, -0.2) is 45.0 Å². The number of rotatable bonds is 6. The van der Waals surface area contributed by atoms with Gasteiger partial charge in [-0.3, -0.25) is 10.1 Å². The molecule has 1 aliphatic carbocycles. The second-order valence-electron chi connectivity index (χ2n) is 5.76. The van der Waals surface area contributed by atoms with E-state index in [0.29, 0.717) is 15.4 Å². The van der Waals surface area contributed by atoms with Gasteiger partial charge in [0.05, 0.1) is 11.5 Å². The van der Waals surface area contributed by atoms with E-state index in [4.69, 9.17) is 38.2 Å². The molecule has 2 unspecified atom stereocenters. The lowest BCUT2D eigenvalue weighted by Crippen LogP contribution is -2.39. The van der Waals surface area contributed by atoms with Gasteiger partial charge in [-0.05, 0) is 30.4 Å². The molecule has 1 aromatic rings. The highest BCUT2D eigenvalue weighted by atomic mass is 79.9. The summed E-state index contributed by atoms with van der Waals surface area (Å²) in [5.41, 5.74) is 4.47. The first-order valence-electron chi connectivity index (χ1n) is 7.69. The van der Waals surface area contributed by atoms with Crippen molar-refractivity contribution in [2.75, 3.05) is 0 Å². The average molecular weight is 561 g/mol. The first-order chi connectivity index (χ1) is 13.8. The topological polar surface area (TPSA) is 153 Å². The van der Waals surface area contributed by atoms with Crippen molar-refractivity contribution < 1.29 is 27.4 Å². The summed E-state index contributed by atoms with van der Waals surface area (Å²) in [7, 11) is -4.61. The lowest BCUT2D eigenvalue weighted by atomic mass is 10.1. The Balaban J connectivity index is 2.43. The summed E-state index contributed by atoms with van der Waals surface area (Å²) in [6.45, 7) is -0.564. The Hall–Kier alpha value is -1.77. The molecular formula is C15H12BrCl2N3O7S2. The number of nitro benzene ring substituents is 1. The van der Waals surface area contributed by atoms with Gasteiger partial charge < -0.3 is 10.8 Å². The zero-order valence-electron chi connectivity index (χ0n) is 14.6. The molecule has 30 heavy (non-hydrogen) atoms. The molecule has 0 saturated heterocycles. The monoisotopic (exact) mass is 559 g/mol. The number of amides is 1. The zero-order valence-corrected chi connectivity index (χ0v) is 19.3. The Morgan fingerprint density at radius 3 is 2.67 bits per heavy atom. The van der Waals surface area contributed by atoms with Crippen LogP contribution in [0.25, 0.3) is 0 Å². The van der Waals surface area contributed by atoms with Gasteiger partial charge in [0.1, 0.15) is 10.3 Å². The van der Waals surface area contributed by atoms with E-state index in [0.717, 1.165) is 12.1 Å². The van der Waals surface area contributed by atoms with E-state index in [2.05, 4.69) is 28.1 Å². The van der Waals surface area contributed by atoms with Gasteiger partial charge in [-0.1, -0.05) is 39.7 Å². The Labute approximate surface area is 194 Å². The number of nitro groups is 1. The molecule has 1 aromatic carbocycles. The number of allylic oxidation sites excluding steroid dienone is 2. The standard InChI is InChI=1S/C15H12BrCl2N3O7S2/c16-10-2-1-5-15(18,12(10)17)28-30(26,27)9-4-3-8(11(6-9)21(24)25)7-20(13(19)29)14(22)23/h1-6,12H,7H2,(H2,19,29)(H,22,23). The van der Waals surface area contributed by atoms with Gasteiger partial charge in [0, 0.05) is 16.1 Å². The summed E-state index contributed by atoms with van der Waals surface area (Å²) in [6, 6.07) is 2.76. The summed E-state index contributed by atoms with van der Waals surface area (Å²) in [6.07, 6.45) is 2.65. The highest BCUT2D eigenvalue weighted by molar-refractivity contribution is 9.11. The minimum absolute atomic E-state index is 0.145. The lowest BCUT2D eigenvalue weighted by Gasteiger charge is -2.29. The van der Waals surface area contributed by atoms with E-state index >= 15 is 0 Å². The van der Waals surface area contributed by atoms with E-state index in [-0.39, 0.29) is 5.56 Å². The SMILES string of the molecule is NC(=S)N(Cc1ccc(S(=O)(=O)OC2(Cl)C=CC=C(Br)C2Cl)cc1[N+](=O)[O-])C(=O)O. The van der Waals surface area contributed by atoms with E-state index in [1.54, 1.807) is 6.08 Å². The third kappa shape index (κ3) is 5.28. The number of hydrogen-bond donors (Lipinski definition) is 2. The largest absolute Gasteiger partial charge is 0.465 e. The number of nitrogens with two attached hydrogens (primary N) is 1. The van der Waals surface area contributed by atoms with Crippen molar-refractivity contribution in [2.45, 2.75) is 21.9 Å². The van der Waals surface area contributed by atoms with Crippen LogP contribution in [0.2, 0.25) is 0 Å². The van der Waals surface area contributed by atoms with E-state index in [1.807, 2.05) is 0 Å². The van der Waals surface area contributed by atoms with Crippen molar-refractivity contribution in [2.24, 2.45) is 5.73 Å². The number of nitrogens with zero attached hydrogens (tertiary/aromatic N) is 2. The summed E-state index contributed by atoms with van der Waals surface area (Å²) < 4.78 is 30.8. The van der Waals surface area contributed by atoms with Gasteiger partial charge >= 0.3 is 6.09 Å². The average Bonchev–Trinajstić information content (AvgIpc) is 2.63. The molecule has 2 rings (SSSR count). The summed E-state index contributed by atoms with van der Waals surface area (Å²) in [5, 5.41) is 16.9. The van der Waals surface area contributed by atoms with Crippen molar-refractivity contribution >= 4 is 78.4 Å². The molecule has 0 aliphatic heterocycles.